The van der Waals surface area contributed by atoms with E-state index in [9.17, 15) is 0 Å². The predicted octanol–water partition coefficient (Wildman–Crippen LogP) is -0.568. The van der Waals surface area contributed by atoms with E-state index < -0.39 is 0 Å². The molecule has 1 radical (unpaired) electrons. The van der Waals surface area contributed by atoms with Gasteiger partial charge >= 0.3 is 8.61 Å². The summed E-state index contributed by atoms with van der Waals surface area (Å²) in [4.78, 5) is 0. The minimum absolute atomic E-state index is 0. The molecule has 4 heteroatoms. The molecule has 0 spiro atoms. The van der Waals surface area contributed by atoms with Gasteiger partial charge in [0.05, 0.1) is 0 Å². The van der Waals surface area contributed by atoms with E-state index in [1.54, 1.807) is 0 Å². The number of hydrogen-bond acceptors (Lipinski definition) is 1. The summed E-state index contributed by atoms with van der Waals surface area (Å²) >= 11 is 0. The molecule has 0 saturated heterocycles. The molecule has 0 fully saturated rings. The van der Waals surface area contributed by atoms with E-state index in [0.717, 1.165) is 0 Å². The van der Waals surface area contributed by atoms with Crippen LogP contribution < -0.4 is 5.50 Å². The third kappa shape index (κ3) is 16.3. The van der Waals surface area contributed by atoms with Crippen LogP contribution >= 0.6 is 8.61 Å². The molecule has 3 N–H and O–H groups in total. The fourth-order valence-corrected chi connectivity index (χ4v) is 0. The van der Waals surface area contributed by atoms with Crippen LogP contribution in [-0.2, 0) is 24.0 Å². The van der Waals surface area contributed by atoms with Crippen LogP contribution in [0.5, 0.6) is 0 Å². The first kappa shape index (κ1) is 8.82. The summed E-state index contributed by atoms with van der Waals surface area (Å²) in [5.74, 6) is 0. The first-order valence-corrected chi connectivity index (χ1v) is 1.50. The van der Waals surface area contributed by atoms with Crippen molar-refractivity contribution >= 4 is 8.61 Å². The van der Waals surface area contributed by atoms with Crippen molar-refractivity contribution in [3.05, 3.63) is 0 Å². The Morgan fingerprint density at radius 2 is 1.75 bits per heavy atom. The van der Waals surface area contributed by atoms with Crippen molar-refractivity contribution in [3.63, 3.8) is 0 Å². The molecule has 0 rings (SSSR count). The maximum Gasteiger partial charge on any atom is 0.417 e. The molecule has 0 aliphatic carbocycles. The van der Waals surface area contributed by atoms with E-state index in [1.807, 2.05) is 0 Å². The molecule has 0 aromatic heterocycles. The zero-order valence-corrected chi connectivity index (χ0v) is 4.43. The van der Waals surface area contributed by atoms with Crippen molar-refractivity contribution in [3.8, 4) is 0 Å². The Labute approximate surface area is 38.8 Å². The van der Waals surface area contributed by atoms with Crippen LogP contribution in [0.2, 0.25) is 0 Å². The number of rotatable bonds is 0. The fraction of sp³-hybridized carbons (Fsp3) is 0. The Morgan fingerprint density at radius 3 is 1.75 bits per heavy atom. The third-order valence-corrected chi connectivity index (χ3v) is 0. The second-order valence-electron chi connectivity index (χ2n) is 0.129. The Morgan fingerprint density at radius 1 is 1.75 bits per heavy atom. The second kappa shape index (κ2) is 9.36. The SMILES string of the molecule is [NH3+]P=O.[Rh]. The standard InChI is InChI=1S/H2NOP.Rh/c1-3-2;/h(H2,1,2);/p+1. The normalized spacial score (nSPS) is 5.25. The topological polar surface area (TPSA) is 44.7 Å². The molecule has 0 aromatic carbocycles. The monoisotopic (exact) mass is 167 g/mol. The van der Waals surface area contributed by atoms with Gasteiger partial charge in [0.15, 0.2) is 0 Å². The molecular weight excluding hydrogens is 164 g/mol. The Hall–Kier alpha value is 0.683. The first-order chi connectivity index (χ1) is 1.41. The quantitative estimate of drug-likeness (QED) is 0.381. The van der Waals surface area contributed by atoms with Crippen molar-refractivity contribution in [2.24, 2.45) is 0 Å². The maximum absolute atomic E-state index is 8.79. The zero-order chi connectivity index (χ0) is 2.71. The van der Waals surface area contributed by atoms with Gasteiger partial charge in [0.25, 0.3) is 0 Å². The van der Waals surface area contributed by atoms with Gasteiger partial charge in [-0.05, 0) is 0 Å². The summed E-state index contributed by atoms with van der Waals surface area (Å²) in [6, 6.07) is 0. The zero-order valence-electron chi connectivity index (χ0n) is 1.90. The van der Waals surface area contributed by atoms with Crippen LogP contribution in [0.25, 0.3) is 0 Å². The molecule has 0 amide bonds. The molecule has 0 aliphatic rings. The summed E-state index contributed by atoms with van der Waals surface area (Å²) in [5.41, 5.74) is 2.90. The molecule has 0 aromatic rings. The smallest absolute Gasteiger partial charge is 0.277 e. The van der Waals surface area contributed by atoms with E-state index >= 15 is 0 Å². The van der Waals surface area contributed by atoms with Crippen LogP contribution in [-0.4, -0.2) is 0 Å². The Kier molecular flexibility index (Phi) is 20.6. The van der Waals surface area contributed by atoms with Crippen molar-refractivity contribution in [2.45, 2.75) is 0 Å². The number of quaternary nitrogens is 1. The molecule has 4 heavy (non-hydrogen) atoms. The van der Waals surface area contributed by atoms with Gasteiger partial charge in [-0.1, -0.05) is 0 Å². The van der Waals surface area contributed by atoms with Gasteiger partial charge in [0, 0.05) is 19.5 Å². The fourth-order valence-electron chi connectivity index (χ4n) is 0. The van der Waals surface area contributed by atoms with Gasteiger partial charge in [0.1, 0.15) is 0 Å². The minimum Gasteiger partial charge on any atom is -0.277 e. The van der Waals surface area contributed by atoms with Gasteiger partial charge in [-0.15, -0.1) is 0 Å². The van der Waals surface area contributed by atoms with Crippen LogP contribution in [0.3, 0.4) is 0 Å². The molecule has 2 nitrogen and oxygen atoms in total. The molecule has 27 valence electrons. The van der Waals surface area contributed by atoms with Gasteiger partial charge in [-0.25, -0.2) is 4.57 Å². The number of hydrogen-bond donors (Lipinski definition) is 1. The van der Waals surface area contributed by atoms with Crippen molar-refractivity contribution in [2.75, 3.05) is 0 Å². The summed E-state index contributed by atoms with van der Waals surface area (Å²) in [6.45, 7) is 0. The summed E-state index contributed by atoms with van der Waals surface area (Å²) in [6.07, 6.45) is 0. The van der Waals surface area contributed by atoms with E-state index in [-0.39, 0.29) is 28.1 Å². The molecule has 0 saturated carbocycles. The van der Waals surface area contributed by atoms with Crippen molar-refractivity contribution < 1.29 is 29.5 Å². The molecular formula is H3NOPRh+. The summed E-state index contributed by atoms with van der Waals surface area (Å²) in [7, 11) is -0.0833. The largest absolute Gasteiger partial charge is 0.417 e. The molecule has 0 heterocycles. The van der Waals surface area contributed by atoms with Crippen LogP contribution in [0.15, 0.2) is 0 Å². The van der Waals surface area contributed by atoms with Crippen LogP contribution in [0.4, 0.5) is 0 Å². The first-order valence-electron chi connectivity index (χ1n) is 0.499. The summed E-state index contributed by atoms with van der Waals surface area (Å²) in [5, 5.41) is 0. The summed E-state index contributed by atoms with van der Waals surface area (Å²) < 4.78 is 8.79. The van der Waals surface area contributed by atoms with Gasteiger partial charge in [0.2, 0.25) is 0 Å². The Balaban J connectivity index is 0. The van der Waals surface area contributed by atoms with Crippen LogP contribution in [0, 0.1) is 0 Å². The van der Waals surface area contributed by atoms with E-state index in [1.165, 1.54) is 0 Å². The average molecular weight is 167 g/mol. The maximum atomic E-state index is 8.79. The van der Waals surface area contributed by atoms with E-state index in [4.69, 9.17) is 4.57 Å². The minimum atomic E-state index is -0.0833. The van der Waals surface area contributed by atoms with Gasteiger partial charge in [-0.2, -0.15) is 0 Å². The van der Waals surface area contributed by atoms with Crippen LogP contribution in [0.1, 0.15) is 0 Å². The molecule has 0 bridgehead atoms. The third-order valence-electron chi connectivity index (χ3n) is 0. The van der Waals surface area contributed by atoms with E-state index in [0.29, 0.717) is 0 Å². The molecule has 0 unspecified atom stereocenters. The molecule has 0 atom stereocenters. The van der Waals surface area contributed by atoms with E-state index in [2.05, 4.69) is 5.50 Å². The van der Waals surface area contributed by atoms with Gasteiger partial charge in [-0.3, -0.25) is 5.50 Å². The van der Waals surface area contributed by atoms with Crippen molar-refractivity contribution in [1.82, 2.24) is 0 Å². The predicted molar refractivity (Wildman–Crippen MR) is 10.5 cm³/mol. The second-order valence-corrected chi connectivity index (χ2v) is 0.387. The van der Waals surface area contributed by atoms with Gasteiger partial charge < -0.3 is 0 Å². The van der Waals surface area contributed by atoms with Crippen molar-refractivity contribution in [1.29, 1.82) is 0 Å². The Bertz CT molecular complexity index is 15.5. The molecule has 0 aliphatic heterocycles. The average Bonchev–Trinajstić information content (AvgIpc) is 0.918.